The van der Waals surface area contributed by atoms with Crippen LogP contribution in [0.3, 0.4) is 0 Å². The molecule has 0 spiro atoms. The SMILES string of the molecule is COCCOCCNSC. The molecule has 0 heterocycles. The van der Waals surface area contributed by atoms with Crippen molar-refractivity contribution in [3.05, 3.63) is 0 Å². The minimum Gasteiger partial charge on any atom is -0.382 e. The molecule has 0 amide bonds. The fraction of sp³-hybridized carbons (Fsp3) is 1.00. The third kappa shape index (κ3) is 8.23. The summed E-state index contributed by atoms with van der Waals surface area (Å²) in [5, 5.41) is 0. The van der Waals surface area contributed by atoms with Crippen LogP contribution in [0.25, 0.3) is 0 Å². The summed E-state index contributed by atoms with van der Waals surface area (Å²) < 4.78 is 13.0. The molecule has 0 fully saturated rings. The van der Waals surface area contributed by atoms with Gasteiger partial charge in [-0.05, 0) is 6.26 Å². The average Bonchev–Trinajstić information content (AvgIpc) is 1.97. The molecule has 0 radical (unpaired) electrons. The second-order valence-corrected chi connectivity index (χ2v) is 2.40. The molecule has 0 aromatic rings. The highest BCUT2D eigenvalue weighted by Gasteiger charge is 1.85. The molecule has 0 unspecified atom stereocenters. The Hall–Kier alpha value is 0.230. The normalized spacial score (nSPS) is 10.2. The van der Waals surface area contributed by atoms with Gasteiger partial charge in [0.2, 0.25) is 0 Å². The van der Waals surface area contributed by atoms with Crippen LogP contribution in [0.15, 0.2) is 0 Å². The lowest BCUT2D eigenvalue weighted by Crippen LogP contribution is -2.13. The molecule has 0 aromatic carbocycles. The highest BCUT2D eigenvalue weighted by molar-refractivity contribution is 7.96. The first-order valence-electron chi connectivity index (χ1n) is 3.24. The monoisotopic (exact) mass is 165 g/mol. The maximum atomic E-state index is 5.18. The zero-order valence-electron chi connectivity index (χ0n) is 6.55. The van der Waals surface area contributed by atoms with Gasteiger partial charge in [-0.2, -0.15) is 0 Å². The Morgan fingerprint density at radius 2 is 2.10 bits per heavy atom. The van der Waals surface area contributed by atoms with Crippen molar-refractivity contribution in [3.63, 3.8) is 0 Å². The molecule has 0 aliphatic heterocycles. The lowest BCUT2D eigenvalue weighted by molar-refractivity contribution is 0.0738. The van der Waals surface area contributed by atoms with E-state index in [-0.39, 0.29) is 0 Å². The predicted octanol–water partition coefficient (Wildman–Crippen LogP) is 0.517. The van der Waals surface area contributed by atoms with E-state index in [1.165, 1.54) is 0 Å². The summed E-state index contributed by atoms with van der Waals surface area (Å²) in [6.07, 6.45) is 2.00. The smallest absolute Gasteiger partial charge is 0.0700 e. The fourth-order valence-corrected chi connectivity index (χ4v) is 0.748. The average molecular weight is 165 g/mol. The molecule has 0 aromatic heterocycles. The van der Waals surface area contributed by atoms with Gasteiger partial charge in [0.25, 0.3) is 0 Å². The Labute approximate surface area is 66.6 Å². The first kappa shape index (κ1) is 10.2. The fourth-order valence-electron chi connectivity index (χ4n) is 0.460. The molecule has 3 nitrogen and oxygen atoms in total. The van der Waals surface area contributed by atoms with Crippen molar-refractivity contribution in [2.45, 2.75) is 0 Å². The Balaban J connectivity index is 2.65. The van der Waals surface area contributed by atoms with Crippen molar-refractivity contribution in [3.8, 4) is 0 Å². The molecule has 62 valence electrons. The lowest BCUT2D eigenvalue weighted by Gasteiger charge is -2.02. The van der Waals surface area contributed by atoms with Crippen molar-refractivity contribution >= 4 is 11.9 Å². The van der Waals surface area contributed by atoms with E-state index in [2.05, 4.69) is 4.72 Å². The van der Waals surface area contributed by atoms with Crippen molar-refractivity contribution in [1.82, 2.24) is 4.72 Å². The largest absolute Gasteiger partial charge is 0.382 e. The third-order valence-electron chi connectivity index (χ3n) is 0.925. The predicted molar refractivity (Wildman–Crippen MR) is 44.2 cm³/mol. The van der Waals surface area contributed by atoms with Gasteiger partial charge in [-0.3, -0.25) is 4.72 Å². The Kier molecular flexibility index (Phi) is 9.44. The van der Waals surface area contributed by atoms with Gasteiger partial charge in [0, 0.05) is 13.7 Å². The second kappa shape index (κ2) is 9.23. The van der Waals surface area contributed by atoms with Gasteiger partial charge in [0.05, 0.1) is 19.8 Å². The second-order valence-electron chi connectivity index (χ2n) is 1.70. The summed E-state index contributed by atoms with van der Waals surface area (Å²) in [7, 11) is 1.67. The Morgan fingerprint density at radius 1 is 1.30 bits per heavy atom. The molecular weight excluding hydrogens is 150 g/mol. The van der Waals surface area contributed by atoms with Crippen molar-refractivity contribution in [1.29, 1.82) is 0 Å². The number of nitrogens with one attached hydrogen (secondary N) is 1. The van der Waals surface area contributed by atoms with E-state index in [1.54, 1.807) is 19.1 Å². The number of methoxy groups -OCH3 is 1. The number of hydrogen-bond acceptors (Lipinski definition) is 4. The number of ether oxygens (including phenoxy) is 2. The molecule has 0 rings (SSSR count). The van der Waals surface area contributed by atoms with Gasteiger partial charge < -0.3 is 9.47 Å². The van der Waals surface area contributed by atoms with Gasteiger partial charge in [-0.1, -0.05) is 11.9 Å². The van der Waals surface area contributed by atoms with Crippen molar-refractivity contribution in [2.75, 3.05) is 39.7 Å². The molecule has 0 saturated heterocycles. The van der Waals surface area contributed by atoms with Gasteiger partial charge in [0.15, 0.2) is 0 Å². The van der Waals surface area contributed by atoms with E-state index in [9.17, 15) is 0 Å². The van der Waals surface area contributed by atoms with Crippen LogP contribution in [-0.2, 0) is 9.47 Å². The van der Waals surface area contributed by atoms with Gasteiger partial charge in [-0.15, -0.1) is 0 Å². The summed E-state index contributed by atoms with van der Waals surface area (Å²) in [5.41, 5.74) is 0. The summed E-state index contributed by atoms with van der Waals surface area (Å²) >= 11 is 1.60. The number of rotatable bonds is 7. The van der Waals surface area contributed by atoms with E-state index >= 15 is 0 Å². The van der Waals surface area contributed by atoms with E-state index in [0.29, 0.717) is 13.2 Å². The highest BCUT2D eigenvalue weighted by Crippen LogP contribution is 1.80. The lowest BCUT2D eigenvalue weighted by atomic mass is 10.7. The minimum atomic E-state index is 0.680. The molecule has 0 aliphatic carbocycles. The van der Waals surface area contributed by atoms with Crippen molar-refractivity contribution in [2.24, 2.45) is 0 Å². The van der Waals surface area contributed by atoms with Crippen LogP contribution in [0, 0.1) is 0 Å². The Bertz CT molecular complexity index is 55.7. The Morgan fingerprint density at radius 3 is 2.70 bits per heavy atom. The van der Waals surface area contributed by atoms with E-state index < -0.39 is 0 Å². The zero-order chi connectivity index (χ0) is 7.66. The maximum absolute atomic E-state index is 5.18. The highest BCUT2D eigenvalue weighted by atomic mass is 32.2. The molecule has 0 atom stereocenters. The zero-order valence-corrected chi connectivity index (χ0v) is 7.37. The molecule has 1 N–H and O–H groups in total. The maximum Gasteiger partial charge on any atom is 0.0700 e. The van der Waals surface area contributed by atoms with Gasteiger partial charge in [-0.25, -0.2) is 0 Å². The van der Waals surface area contributed by atoms with E-state index in [4.69, 9.17) is 9.47 Å². The third-order valence-corrected chi connectivity index (χ3v) is 1.42. The first-order valence-corrected chi connectivity index (χ1v) is 4.46. The van der Waals surface area contributed by atoms with Crippen molar-refractivity contribution < 1.29 is 9.47 Å². The van der Waals surface area contributed by atoms with E-state index in [1.807, 2.05) is 6.26 Å². The van der Waals surface area contributed by atoms with E-state index in [0.717, 1.165) is 13.2 Å². The molecule has 4 heteroatoms. The van der Waals surface area contributed by atoms with Gasteiger partial charge in [0.1, 0.15) is 0 Å². The molecule has 0 aliphatic rings. The molecule has 10 heavy (non-hydrogen) atoms. The number of hydrogen-bond donors (Lipinski definition) is 1. The minimum absolute atomic E-state index is 0.680. The quantitative estimate of drug-likeness (QED) is 0.440. The molecular formula is C6H15NO2S. The van der Waals surface area contributed by atoms with Crippen LogP contribution in [0.2, 0.25) is 0 Å². The van der Waals surface area contributed by atoms with Crippen LogP contribution in [0.4, 0.5) is 0 Å². The summed E-state index contributed by atoms with van der Waals surface area (Å²) in [6, 6.07) is 0. The molecule has 0 saturated carbocycles. The van der Waals surface area contributed by atoms with Crippen LogP contribution < -0.4 is 4.72 Å². The first-order chi connectivity index (χ1) is 4.91. The van der Waals surface area contributed by atoms with Crippen LogP contribution in [-0.4, -0.2) is 39.7 Å². The summed E-state index contributed by atoms with van der Waals surface area (Å²) in [6.45, 7) is 3.01. The van der Waals surface area contributed by atoms with Gasteiger partial charge >= 0.3 is 0 Å². The van der Waals surface area contributed by atoms with Crippen LogP contribution in [0.5, 0.6) is 0 Å². The topological polar surface area (TPSA) is 30.5 Å². The van der Waals surface area contributed by atoms with Crippen LogP contribution in [0.1, 0.15) is 0 Å². The summed E-state index contributed by atoms with van der Waals surface area (Å²) in [5.74, 6) is 0. The standard InChI is InChI=1S/C6H15NO2S/c1-8-5-6-9-4-3-7-10-2/h7H,3-6H2,1-2H3. The molecule has 0 bridgehead atoms. The van der Waals surface area contributed by atoms with Crippen LogP contribution >= 0.6 is 11.9 Å². The summed E-state index contributed by atoms with van der Waals surface area (Å²) in [4.78, 5) is 0.